The third kappa shape index (κ3) is 2.37. The van der Waals surface area contributed by atoms with Gasteiger partial charge in [0.15, 0.2) is 5.72 Å². The molecule has 0 saturated heterocycles. The smallest absolute Gasteiger partial charge is 0.256 e. The molecule has 1 unspecified atom stereocenters. The SMILES string of the molecule is CCCCCCC1(O)c2c(Cl)cccc2C(=O)N1C. The number of hydrogen-bond acceptors (Lipinski definition) is 2. The Morgan fingerprint density at radius 2 is 2.05 bits per heavy atom. The molecule has 1 aromatic carbocycles. The molecule has 0 fully saturated rings. The van der Waals surface area contributed by atoms with Crippen LogP contribution in [-0.2, 0) is 5.72 Å². The molecule has 1 aromatic rings. The molecule has 2 rings (SSSR count). The van der Waals surface area contributed by atoms with Crippen molar-refractivity contribution in [3.8, 4) is 0 Å². The number of aliphatic hydroxyl groups is 1. The molecule has 0 radical (unpaired) electrons. The Balaban J connectivity index is 2.28. The molecule has 0 spiro atoms. The summed E-state index contributed by atoms with van der Waals surface area (Å²) in [4.78, 5) is 13.6. The molecule has 0 aliphatic carbocycles. The largest absolute Gasteiger partial charge is 0.367 e. The third-order valence-electron chi connectivity index (χ3n) is 3.88. The molecule has 4 heteroatoms. The molecule has 1 N–H and O–H groups in total. The van der Waals surface area contributed by atoms with E-state index in [4.69, 9.17) is 11.6 Å². The maximum absolute atomic E-state index is 12.2. The topological polar surface area (TPSA) is 40.5 Å². The van der Waals surface area contributed by atoms with Gasteiger partial charge in [-0.3, -0.25) is 4.79 Å². The van der Waals surface area contributed by atoms with Gasteiger partial charge in [-0.25, -0.2) is 0 Å². The second-order valence-electron chi connectivity index (χ2n) is 5.15. The molecular weight excluding hydrogens is 262 g/mol. The number of amides is 1. The van der Waals surface area contributed by atoms with Gasteiger partial charge in [0.25, 0.3) is 5.91 Å². The van der Waals surface area contributed by atoms with Gasteiger partial charge in [0.05, 0.1) is 0 Å². The summed E-state index contributed by atoms with van der Waals surface area (Å²) in [6.45, 7) is 2.14. The van der Waals surface area contributed by atoms with Crippen LogP contribution in [-0.4, -0.2) is 23.0 Å². The van der Waals surface area contributed by atoms with Crippen LogP contribution in [0.1, 0.15) is 54.9 Å². The van der Waals surface area contributed by atoms with E-state index in [1.807, 2.05) is 0 Å². The monoisotopic (exact) mass is 281 g/mol. The number of rotatable bonds is 5. The fourth-order valence-electron chi connectivity index (χ4n) is 2.72. The Hall–Kier alpha value is -1.06. The molecule has 0 bridgehead atoms. The first-order valence-electron chi connectivity index (χ1n) is 6.82. The summed E-state index contributed by atoms with van der Waals surface area (Å²) in [6, 6.07) is 5.20. The van der Waals surface area contributed by atoms with E-state index in [2.05, 4.69) is 6.92 Å². The highest BCUT2D eigenvalue weighted by Crippen LogP contribution is 2.43. The highest BCUT2D eigenvalue weighted by molar-refractivity contribution is 6.32. The molecular formula is C15H20ClNO2. The van der Waals surface area contributed by atoms with Crippen molar-refractivity contribution >= 4 is 17.5 Å². The van der Waals surface area contributed by atoms with Crippen molar-refractivity contribution in [2.45, 2.75) is 44.8 Å². The highest BCUT2D eigenvalue weighted by Gasteiger charge is 2.47. The van der Waals surface area contributed by atoms with Crippen molar-refractivity contribution < 1.29 is 9.90 Å². The number of halogens is 1. The Kier molecular flexibility index (Phi) is 4.16. The van der Waals surface area contributed by atoms with Gasteiger partial charge in [0.1, 0.15) is 0 Å². The van der Waals surface area contributed by atoms with Gasteiger partial charge < -0.3 is 10.0 Å². The maximum Gasteiger partial charge on any atom is 0.256 e. The number of benzene rings is 1. The Bertz CT molecular complexity index is 489. The molecule has 1 aliphatic heterocycles. The summed E-state index contributed by atoms with van der Waals surface area (Å²) in [5, 5.41) is 11.3. The Labute approximate surface area is 119 Å². The number of fused-ring (bicyclic) bond motifs is 1. The molecule has 1 aliphatic rings. The number of unbranched alkanes of at least 4 members (excludes halogenated alkanes) is 3. The van der Waals surface area contributed by atoms with Crippen molar-refractivity contribution in [3.63, 3.8) is 0 Å². The minimum absolute atomic E-state index is 0.157. The molecule has 0 saturated carbocycles. The summed E-state index contributed by atoms with van der Waals surface area (Å²) >= 11 is 6.19. The second-order valence-corrected chi connectivity index (χ2v) is 5.56. The average Bonchev–Trinajstić information content (AvgIpc) is 2.59. The summed E-state index contributed by atoms with van der Waals surface area (Å²) in [5.74, 6) is -0.157. The summed E-state index contributed by atoms with van der Waals surface area (Å²) < 4.78 is 0. The van der Waals surface area contributed by atoms with Crippen LogP contribution >= 0.6 is 11.6 Å². The Morgan fingerprint density at radius 1 is 1.32 bits per heavy atom. The predicted octanol–water partition coefficient (Wildman–Crippen LogP) is 3.54. The highest BCUT2D eigenvalue weighted by atomic mass is 35.5. The second kappa shape index (κ2) is 5.51. The van der Waals surface area contributed by atoms with Gasteiger partial charge >= 0.3 is 0 Å². The molecule has 104 valence electrons. The Morgan fingerprint density at radius 3 is 2.74 bits per heavy atom. The van der Waals surface area contributed by atoms with E-state index in [9.17, 15) is 9.90 Å². The van der Waals surface area contributed by atoms with Crippen LogP contribution < -0.4 is 0 Å². The van der Waals surface area contributed by atoms with E-state index < -0.39 is 5.72 Å². The van der Waals surface area contributed by atoms with Crippen LogP contribution in [0.25, 0.3) is 0 Å². The summed E-state index contributed by atoms with van der Waals surface area (Å²) in [5.41, 5.74) is -0.160. The lowest BCUT2D eigenvalue weighted by molar-refractivity contribution is -0.0799. The van der Waals surface area contributed by atoms with Crippen LogP contribution in [0.4, 0.5) is 0 Å². The van der Waals surface area contributed by atoms with E-state index in [0.29, 0.717) is 22.6 Å². The lowest BCUT2D eigenvalue weighted by atomic mass is 9.95. The van der Waals surface area contributed by atoms with Gasteiger partial charge in [0, 0.05) is 23.2 Å². The standard InChI is InChI=1S/C15H20ClNO2/c1-3-4-5-6-10-15(19)13-11(14(18)17(15)2)8-7-9-12(13)16/h7-9,19H,3-6,10H2,1-2H3. The third-order valence-corrected chi connectivity index (χ3v) is 4.20. The van der Waals surface area contributed by atoms with Crippen molar-refractivity contribution in [2.75, 3.05) is 7.05 Å². The average molecular weight is 282 g/mol. The fraction of sp³-hybridized carbons (Fsp3) is 0.533. The van der Waals surface area contributed by atoms with Gasteiger partial charge in [-0.1, -0.05) is 43.9 Å². The van der Waals surface area contributed by atoms with Gasteiger partial charge in [0.2, 0.25) is 0 Å². The van der Waals surface area contributed by atoms with Crippen LogP contribution in [0.5, 0.6) is 0 Å². The summed E-state index contributed by atoms with van der Waals surface area (Å²) in [6.07, 6.45) is 4.76. The van der Waals surface area contributed by atoms with E-state index >= 15 is 0 Å². The van der Waals surface area contributed by atoms with Crippen LogP contribution in [0, 0.1) is 0 Å². The lowest BCUT2D eigenvalue weighted by Crippen LogP contribution is -2.41. The van der Waals surface area contributed by atoms with Gasteiger partial charge in [-0.2, -0.15) is 0 Å². The van der Waals surface area contributed by atoms with Crippen molar-refractivity contribution in [3.05, 3.63) is 34.3 Å². The predicted molar refractivity (Wildman–Crippen MR) is 76.2 cm³/mol. The minimum Gasteiger partial charge on any atom is -0.367 e. The maximum atomic E-state index is 12.2. The first kappa shape index (κ1) is 14.4. The number of carbonyl (C=O) groups excluding carboxylic acids is 1. The van der Waals surface area contributed by atoms with Crippen molar-refractivity contribution in [2.24, 2.45) is 0 Å². The van der Waals surface area contributed by atoms with E-state index in [1.165, 1.54) is 4.90 Å². The van der Waals surface area contributed by atoms with Gasteiger partial charge in [-0.15, -0.1) is 0 Å². The summed E-state index contributed by atoms with van der Waals surface area (Å²) in [7, 11) is 1.64. The van der Waals surface area contributed by atoms with Crippen LogP contribution in [0.3, 0.4) is 0 Å². The zero-order valence-electron chi connectivity index (χ0n) is 11.4. The fourth-order valence-corrected chi connectivity index (χ4v) is 3.04. The lowest BCUT2D eigenvalue weighted by Gasteiger charge is -2.32. The van der Waals surface area contributed by atoms with Crippen LogP contribution in [0.2, 0.25) is 5.02 Å². The normalized spacial score (nSPS) is 21.9. The number of hydrogen-bond donors (Lipinski definition) is 1. The van der Waals surface area contributed by atoms with E-state index in [0.717, 1.165) is 25.7 Å². The first-order chi connectivity index (χ1) is 9.02. The quantitative estimate of drug-likeness (QED) is 0.839. The van der Waals surface area contributed by atoms with E-state index in [1.54, 1.807) is 25.2 Å². The number of nitrogens with zero attached hydrogens (tertiary/aromatic N) is 1. The zero-order valence-corrected chi connectivity index (χ0v) is 12.2. The minimum atomic E-state index is -1.25. The molecule has 1 heterocycles. The van der Waals surface area contributed by atoms with Crippen molar-refractivity contribution in [1.82, 2.24) is 4.90 Å². The molecule has 1 amide bonds. The zero-order chi connectivity index (χ0) is 14.0. The van der Waals surface area contributed by atoms with E-state index in [-0.39, 0.29) is 5.91 Å². The molecule has 0 aromatic heterocycles. The number of carbonyl (C=O) groups is 1. The van der Waals surface area contributed by atoms with Gasteiger partial charge in [-0.05, 0) is 25.0 Å². The van der Waals surface area contributed by atoms with Crippen LogP contribution in [0.15, 0.2) is 18.2 Å². The molecule has 19 heavy (non-hydrogen) atoms. The van der Waals surface area contributed by atoms with Crippen molar-refractivity contribution in [1.29, 1.82) is 0 Å². The first-order valence-corrected chi connectivity index (χ1v) is 7.19. The molecule has 3 nitrogen and oxygen atoms in total. The molecule has 1 atom stereocenters.